The molecule has 0 amide bonds. The van der Waals surface area contributed by atoms with E-state index in [9.17, 15) is 20.1 Å². The van der Waals surface area contributed by atoms with Gasteiger partial charge in [-0.3, -0.25) is 0 Å². The second-order valence-electron chi connectivity index (χ2n) is 27.9. The summed E-state index contributed by atoms with van der Waals surface area (Å²) >= 11 is 0. The van der Waals surface area contributed by atoms with Crippen LogP contribution in [0.2, 0.25) is 0 Å². The van der Waals surface area contributed by atoms with Crippen molar-refractivity contribution in [2.45, 2.75) is 233 Å². The zero-order chi connectivity index (χ0) is 53.7. The molecule has 9 aliphatic rings. The van der Waals surface area contributed by atoms with Crippen molar-refractivity contribution in [2.75, 3.05) is 13.2 Å². The fourth-order valence-electron chi connectivity index (χ4n) is 19.1. The Labute approximate surface area is 497 Å². The number of halogens is 1. The van der Waals surface area contributed by atoms with Crippen LogP contribution in [0.4, 0.5) is 0 Å². The number of ether oxygens (including phenoxy) is 1. The number of benzene rings is 2. The first-order valence-electron chi connectivity index (χ1n) is 31.3. The molecule has 2 aromatic carbocycles. The molecule has 1 unspecified atom stereocenters. The van der Waals surface area contributed by atoms with Crippen molar-refractivity contribution in [3.8, 4) is 0 Å². The molecule has 6 saturated carbocycles. The van der Waals surface area contributed by atoms with E-state index in [4.69, 9.17) is 4.74 Å². The molecular weight excluding hydrogens is 1020 g/mol. The number of carbonyl (C=O) groups is 1. The largest absolute Gasteiger partial charge is 2.00 e. The molecule has 5 nitrogen and oxygen atoms in total. The predicted molar refractivity (Wildman–Crippen MR) is 317 cm³/mol. The van der Waals surface area contributed by atoms with Crippen LogP contribution in [-0.2, 0) is 16.0 Å². The summed E-state index contributed by atoms with van der Waals surface area (Å²) in [5.41, 5.74) is 6.17. The number of hydrogen-bond acceptors (Lipinski definition) is 5. The summed E-state index contributed by atoms with van der Waals surface area (Å²) in [5.74, 6) is 7.96. The summed E-state index contributed by atoms with van der Waals surface area (Å²) < 4.78 is 4.94. The van der Waals surface area contributed by atoms with Crippen LogP contribution in [0.3, 0.4) is 0 Å². The maximum absolute atomic E-state index is 11.0. The standard InChI is InChI=1S/C33H50O2.C26H42O2.C7H7.C4H8O.BrH.Mg/c1-5-33(35)20-19-31(3)25(22-33)12-14-27-29-16-15-28(32(29,4)18-17-30(27)31)23(2)11-13-26(34)21-24-9-7-6-8-10-24;1-5-26(28)15-14-24(3)19(17-26)8-9-20-22-11-10-21(18(2)7-6-16-27)25(22,4)13-12-23(20)24;1-7-5-3-2-4-6-7;1-2-4-5-3-1;;/h6-10,12,23,26-30,34-35H,5,11,13-22H2,1-4H3;8,16,18,20-23,28H,5-7,9-15,17H2,1-4H3;2-6H,1H2;1-4H2;1H;/q;;-1;;;+2/p-1/t23-,26?,27+,28-,29+,30+,31+,32-,33+;18-,20+,21-,22+,23+,24+,25-,26+;;;;/m11..../s1. The van der Waals surface area contributed by atoms with E-state index in [2.05, 4.69) is 98.7 Å². The Balaban J connectivity index is 0.000000203. The molecule has 77 heavy (non-hydrogen) atoms. The van der Waals surface area contributed by atoms with Gasteiger partial charge in [0.1, 0.15) is 6.29 Å². The van der Waals surface area contributed by atoms with E-state index in [1.54, 1.807) is 11.1 Å². The second kappa shape index (κ2) is 27.7. The third kappa shape index (κ3) is 14.1. The Kier molecular flexibility index (Phi) is 23.3. The van der Waals surface area contributed by atoms with Crippen LogP contribution in [0, 0.1) is 87.8 Å². The summed E-state index contributed by atoms with van der Waals surface area (Å²) in [5, 5.41) is 32.7. The van der Waals surface area contributed by atoms with E-state index in [0.717, 1.165) is 143 Å². The fourth-order valence-corrected chi connectivity index (χ4v) is 19.1. The first-order chi connectivity index (χ1) is 35.8. The fraction of sp³-hybridized carbons (Fsp3) is 0.743. The first-order valence-corrected chi connectivity index (χ1v) is 31.3. The van der Waals surface area contributed by atoms with E-state index in [1.807, 2.05) is 36.4 Å². The topological polar surface area (TPSA) is 87.0 Å². The smallest absolute Gasteiger partial charge is 1.00 e. The summed E-state index contributed by atoms with van der Waals surface area (Å²) in [6.07, 6.45) is 34.7. The summed E-state index contributed by atoms with van der Waals surface area (Å²) in [7, 11) is 0. The Morgan fingerprint density at radius 2 is 1.08 bits per heavy atom. The van der Waals surface area contributed by atoms with E-state index in [-0.39, 0.29) is 46.1 Å². The van der Waals surface area contributed by atoms with Crippen molar-refractivity contribution in [2.24, 2.45) is 80.8 Å². The zero-order valence-electron chi connectivity index (χ0n) is 49.9. The maximum Gasteiger partial charge on any atom is 2.00 e. The van der Waals surface area contributed by atoms with Gasteiger partial charge in [-0.1, -0.05) is 115 Å². The number of aliphatic hydroxyl groups excluding tert-OH is 1. The van der Waals surface area contributed by atoms with Gasteiger partial charge < -0.3 is 41.8 Å². The van der Waals surface area contributed by atoms with Gasteiger partial charge in [0, 0.05) is 19.6 Å². The van der Waals surface area contributed by atoms with Crippen LogP contribution >= 0.6 is 0 Å². The number of aliphatic hydroxyl groups is 3. The molecule has 17 atom stereocenters. The molecule has 0 spiro atoms. The number of allylic oxidation sites excluding steroid dienone is 2. The van der Waals surface area contributed by atoms with Gasteiger partial charge in [-0.2, -0.15) is 24.6 Å². The molecule has 0 aromatic heterocycles. The summed E-state index contributed by atoms with van der Waals surface area (Å²) in [4.78, 5) is 10.9. The van der Waals surface area contributed by atoms with Gasteiger partial charge in [-0.25, -0.2) is 0 Å². The molecule has 3 N–H and O–H groups in total. The Hall–Kier alpha value is -1.45. The summed E-state index contributed by atoms with van der Waals surface area (Å²) in [6, 6.07) is 20.3. The van der Waals surface area contributed by atoms with Crippen molar-refractivity contribution >= 4 is 29.3 Å². The van der Waals surface area contributed by atoms with Gasteiger partial charge >= 0.3 is 23.1 Å². The first kappa shape index (κ1) is 64.7. The molecule has 7 heteroatoms. The molecule has 8 aliphatic carbocycles. The average Bonchev–Trinajstić information content (AvgIpc) is 4.19. The number of hydrogen-bond donors (Lipinski definition) is 3. The molecule has 11 rings (SSSR count). The van der Waals surface area contributed by atoms with Crippen LogP contribution < -0.4 is 17.0 Å². The predicted octanol–water partition coefficient (Wildman–Crippen LogP) is 13.3. The minimum atomic E-state index is -0.458. The minimum absolute atomic E-state index is 0. The zero-order valence-corrected chi connectivity index (χ0v) is 52.9. The number of carbonyl (C=O) groups excluding carboxylic acids is 1. The SMILES string of the molecule is C1CCOC1.CC[C@]1(O)CC[C@@]2(C)C(=CC[C@H]3[C@@H]4CC[C@H]([C@H](C)CCC(O)Cc5ccccc5)[C@@]4(C)CC[C@@H]32)C1.CC[C@]1(O)CC[C@@]2(C)C(=CC[C@H]3[C@@H]4CC[C@H]([C@H](C)CCC=O)[C@@]4(C)CC[C@@H]32)C1.[Br-].[CH2-]c1ccccc1.[Mg+2]. The third-order valence-electron chi connectivity index (χ3n) is 24.0. The molecule has 2 aromatic rings. The Morgan fingerprint density at radius 3 is 1.48 bits per heavy atom. The van der Waals surface area contributed by atoms with Gasteiger partial charge in [0.2, 0.25) is 0 Å². The quantitative estimate of drug-likeness (QED) is 0.0853. The maximum atomic E-state index is 11.0. The van der Waals surface area contributed by atoms with Crippen LogP contribution in [0.5, 0.6) is 0 Å². The van der Waals surface area contributed by atoms with Crippen molar-refractivity contribution in [3.63, 3.8) is 0 Å². The van der Waals surface area contributed by atoms with E-state index >= 15 is 0 Å². The van der Waals surface area contributed by atoms with Crippen molar-refractivity contribution in [3.05, 3.63) is 102 Å². The van der Waals surface area contributed by atoms with E-state index in [0.29, 0.717) is 33.5 Å². The molecule has 0 bridgehead atoms. The minimum Gasteiger partial charge on any atom is -1.00 e. The number of fused-ring (bicyclic) bond motifs is 10. The Bertz CT molecular complexity index is 2190. The third-order valence-corrected chi connectivity index (χ3v) is 24.0. The van der Waals surface area contributed by atoms with Crippen LogP contribution in [0.25, 0.3) is 0 Å². The van der Waals surface area contributed by atoms with Crippen molar-refractivity contribution < 1.29 is 41.8 Å². The molecule has 1 saturated heterocycles. The number of rotatable bonds is 12. The van der Waals surface area contributed by atoms with Crippen LogP contribution in [0.1, 0.15) is 221 Å². The van der Waals surface area contributed by atoms with Crippen molar-refractivity contribution in [1.82, 2.24) is 0 Å². The van der Waals surface area contributed by atoms with Crippen LogP contribution in [-0.4, -0.2) is 75.2 Å². The molecule has 1 heterocycles. The summed E-state index contributed by atoms with van der Waals surface area (Å²) in [6.45, 7) is 25.2. The molecule has 426 valence electrons. The normalized spacial score (nSPS) is 39.4. The van der Waals surface area contributed by atoms with Gasteiger partial charge in [0.15, 0.2) is 0 Å². The van der Waals surface area contributed by atoms with Crippen molar-refractivity contribution in [1.29, 1.82) is 0 Å². The van der Waals surface area contributed by atoms with E-state index < -0.39 is 11.2 Å². The molecule has 0 radical (unpaired) electrons. The van der Waals surface area contributed by atoms with Gasteiger partial charge in [0.25, 0.3) is 0 Å². The molecule has 1 aliphatic heterocycles. The van der Waals surface area contributed by atoms with E-state index in [1.165, 1.54) is 95.5 Å². The monoisotopic (exact) mass is 1130 g/mol. The van der Waals surface area contributed by atoms with Gasteiger partial charge in [-0.05, 0) is 241 Å². The second-order valence-corrected chi connectivity index (χ2v) is 27.9. The number of aldehydes is 1. The van der Waals surface area contributed by atoms with Gasteiger partial charge in [0.05, 0.1) is 17.3 Å². The average molecular weight is 1130 g/mol. The van der Waals surface area contributed by atoms with Gasteiger partial charge in [-0.15, -0.1) is 12.1 Å². The Morgan fingerprint density at radius 1 is 0.623 bits per heavy atom. The molecule has 7 fully saturated rings. The molecular formula is C70H107BrMgO5. The van der Waals surface area contributed by atoms with Crippen LogP contribution in [0.15, 0.2) is 84.0 Å².